The van der Waals surface area contributed by atoms with Crippen LogP contribution in [-0.2, 0) is 25.7 Å². The van der Waals surface area contributed by atoms with Gasteiger partial charge in [0.15, 0.2) is 0 Å². The molecule has 1 fully saturated rings. The number of morpholine rings is 1. The molecule has 10 heteroatoms. The van der Waals surface area contributed by atoms with Gasteiger partial charge in [-0.05, 0) is 18.2 Å². The van der Waals surface area contributed by atoms with Crippen LogP contribution in [0.1, 0.15) is 12.0 Å². The highest BCUT2D eigenvalue weighted by Gasteiger charge is 2.31. The van der Waals surface area contributed by atoms with E-state index >= 15 is 0 Å². The molecule has 0 bridgehead atoms. The van der Waals surface area contributed by atoms with E-state index in [9.17, 15) is 26.4 Å². The van der Waals surface area contributed by atoms with Gasteiger partial charge < -0.3 is 9.64 Å². The van der Waals surface area contributed by atoms with E-state index in [1.165, 1.54) is 0 Å². The lowest BCUT2D eigenvalue weighted by Crippen LogP contribution is -2.42. The first-order chi connectivity index (χ1) is 11.2. The van der Waals surface area contributed by atoms with Crippen LogP contribution >= 0.6 is 0 Å². The zero-order valence-corrected chi connectivity index (χ0v) is 13.5. The maximum atomic E-state index is 12.6. The lowest BCUT2D eigenvalue weighted by molar-refractivity contribution is -0.137. The molecule has 0 aromatic heterocycles. The molecule has 1 aliphatic rings. The fourth-order valence-corrected chi connectivity index (χ4v) is 3.26. The van der Waals surface area contributed by atoms with E-state index in [0.29, 0.717) is 32.4 Å². The van der Waals surface area contributed by atoms with Crippen LogP contribution in [0.3, 0.4) is 0 Å². The molecule has 134 valence electrons. The summed E-state index contributed by atoms with van der Waals surface area (Å²) in [6, 6.07) is 3.45. The Kier molecular flexibility index (Phi) is 5.83. The first kappa shape index (κ1) is 18.7. The molecule has 2 rings (SSSR count). The summed E-state index contributed by atoms with van der Waals surface area (Å²) < 4.78 is 69.3. The number of alkyl halides is 3. The highest BCUT2D eigenvalue weighted by Crippen LogP contribution is 2.30. The minimum absolute atomic E-state index is 0.0712. The van der Waals surface area contributed by atoms with E-state index in [-0.39, 0.29) is 18.9 Å². The average Bonchev–Trinajstić information content (AvgIpc) is 2.55. The minimum Gasteiger partial charge on any atom is -0.378 e. The maximum Gasteiger partial charge on any atom is 0.416 e. The van der Waals surface area contributed by atoms with Crippen molar-refractivity contribution in [3.63, 3.8) is 0 Å². The van der Waals surface area contributed by atoms with Gasteiger partial charge in [0.05, 0.1) is 23.7 Å². The molecule has 1 saturated heterocycles. The highest BCUT2D eigenvalue weighted by atomic mass is 32.2. The van der Waals surface area contributed by atoms with Crippen LogP contribution in [0.4, 0.5) is 13.2 Å². The van der Waals surface area contributed by atoms with Crippen LogP contribution in [-0.4, -0.2) is 52.1 Å². The molecule has 6 nitrogen and oxygen atoms in total. The van der Waals surface area contributed by atoms with E-state index in [4.69, 9.17) is 4.74 Å². The minimum atomic E-state index is -4.63. The third kappa shape index (κ3) is 4.92. The van der Waals surface area contributed by atoms with Crippen LogP contribution in [0.2, 0.25) is 0 Å². The van der Waals surface area contributed by atoms with Gasteiger partial charge in [-0.15, -0.1) is 0 Å². The summed E-state index contributed by atoms with van der Waals surface area (Å²) in [4.78, 5) is 13.0. The Morgan fingerprint density at radius 2 is 1.92 bits per heavy atom. The SMILES string of the molecule is O=C(CCNS(=O)(=O)c1cccc(C(F)(F)F)c1)N1CCOCC1. The summed E-state index contributed by atoms with van der Waals surface area (Å²) in [5.41, 5.74) is -1.05. The van der Waals surface area contributed by atoms with Gasteiger partial charge in [-0.3, -0.25) is 4.79 Å². The Morgan fingerprint density at radius 3 is 2.54 bits per heavy atom. The van der Waals surface area contributed by atoms with Crippen LogP contribution in [0, 0.1) is 0 Å². The lowest BCUT2D eigenvalue weighted by Gasteiger charge is -2.26. The van der Waals surface area contributed by atoms with E-state index < -0.39 is 26.7 Å². The smallest absolute Gasteiger partial charge is 0.378 e. The Balaban J connectivity index is 1.95. The Hall–Kier alpha value is -1.65. The quantitative estimate of drug-likeness (QED) is 0.851. The number of amides is 1. The van der Waals surface area contributed by atoms with Crippen molar-refractivity contribution in [3.8, 4) is 0 Å². The summed E-state index contributed by atoms with van der Waals surface area (Å²) in [7, 11) is -4.11. The van der Waals surface area contributed by atoms with E-state index in [1.807, 2.05) is 0 Å². The zero-order valence-electron chi connectivity index (χ0n) is 12.7. The van der Waals surface area contributed by atoms with Gasteiger partial charge in [0, 0.05) is 26.1 Å². The Morgan fingerprint density at radius 1 is 1.25 bits per heavy atom. The summed E-state index contributed by atoms with van der Waals surface area (Å²) in [6.07, 6.45) is -4.70. The number of halogens is 3. The molecule has 0 saturated carbocycles. The van der Waals surface area contributed by atoms with Crippen LogP contribution in [0.25, 0.3) is 0 Å². The number of hydrogen-bond acceptors (Lipinski definition) is 4. The fourth-order valence-electron chi connectivity index (χ4n) is 2.19. The third-order valence-electron chi connectivity index (χ3n) is 3.47. The van der Waals surface area contributed by atoms with Crippen molar-refractivity contribution < 1.29 is 31.1 Å². The summed E-state index contributed by atoms with van der Waals surface area (Å²) in [6.45, 7) is 1.57. The second-order valence-corrected chi connectivity index (χ2v) is 6.93. The first-order valence-electron chi connectivity index (χ1n) is 7.22. The number of ether oxygens (including phenoxy) is 1. The molecular weight excluding hydrogens is 349 g/mol. The first-order valence-corrected chi connectivity index (χ1v) is 8.71. The molecule has 1 aliphatic heterocycles. The number of hydrogen-bond donors (Lipinski definition) is 1. The predicted molar refractivity (Wildman–Crippen MR) is 78.6 cm³/mol. The molecule has 0 aliphatic carbocycles. The monoisotopic (exact) mass is 366 g/mol. The fraction of sp³-hybridized carbons (Fsp3) is 0.500. The van der Waals surface area contributed by atoms with Crippen molar-refractivity contribution in [1.29, 1.82) is 0 Å². The van der Waals surface area contributed by atoms with Crippen LogP contribution in [0.15, 0.2) is 29.2 Å². The van der Waals surface area contributed by atoms with Gasteiger partial charge in [-0.25, -0.2) is 13.1 Å². The second kappa shape index (κ2) is 7.49. The topological polar surface area (TPSA) is 75.7 Å². The van der Waals surface area contributed by atoms with Crippen LogP contribution in [0.5, 0.6) is 0 Å². The van der Waals surface area contributed by atoms with Crippen molar-refractivity contribution >= 4 is 15.9 Å². The van der Waals surface area contributed by atoms with Gasteiger partial charge in [0.1, 0.15) is 0 Å². The largest absolute Gasteiger partial charge is 0.416 e. The number of nitrogens with one attached hydrogen (secondary N) is 1. The van der Waals surface area contributed by atoms with Gasteiger partial charge in [-0.1, -0.05) is 6.07 Å². The molecule has 24 heavy (non-hydrogen) atoms. The molecule has 0 spiro atoms. The van der Waals surface area contributed by atoms with Crippen molar-refractivity contribution in [2.45, 2.75) is 17.5 Å². The normalized spacial score (nSPS) is 16.2. The molecule has 0 atom stereocenters. The highest BCUT2D eigenvalue weighted by molar-refractivity contribution is 7.89. The van der Waals surface area contributed by atoms with E-state index in [2.05, 4.69) is 4.72 Å². The molecule has 0 radical (unpaired) electrons. The molecule has 1 amide bonds. The Bertz CT molecular complexity index is 686. The second-order valence-electron chi connectivity index (χ2n) is 5.17. The molecule has 0 unspecified atom stereocenters. The molecule has 1 aromatic carbocycles. The maximum absolute atomic E-state index is 12.6. The molecular formula is C14H17F3N2O4S. The van der Waals surface area contributed by atoms with E-state index in [1.54, 1.807) is 4.90 Å². The number of rotatable bonds is 5. The molecule has 1 N–H and O–H groups in total. The Labute approximate surface area is 137 Å². The van der Waals surface area contributed by atoms with Crippen molar-refractivity contribution in [2.24, 2.45) is 0 Å². The van der Waals surface area contributed by atoms with Gasteiger partial charge in [0.2, 0.25) is 15.9 Å². The summed E-state index contributed by atoms with van der Waals surface area (Å²) in [5, 5.41) is 0. The molecule has 1 aromatic rings. The van der Waals surface area contributed by atoms with Gasteiger partial charge in [0.25, 0.3) is 0 Å². The summed E-state index contributed by atoms with van der Waals surface area (Å²) in [5.74, 6) is -0.231. The number of benzene rings is 1. The third-order valence-corrected chi connectivity index (χ3v) is 4.93. The van der Waals surface area contributed by atoms with Gasteiger partial charge >= 0.3 is 6.18 Å². The van der Waals surface area contributed by atoms with Crippen molar-refractivity contribution in [3.05, 3.63) is 29.8 Å². The predicted octanol–water partition coefficient (Wildman–Crippen LogP) is 1.23. The average molecular weight is 366 g/mol. The van der Waals surface area contributed by atoms with Crippen LogP contribution < -0.4 is 4.72 Å². The molecule has 1 heterocycles. The standard InChI is InChI=1S/C14H17F3N2O4S/c15-14(16,17)11-2-1-3-12(10-11)24(21,22)18-5-4-13(20)19-6-8-23-9-7-19/h1-3,10,18H,4-9H2. The van der Waals surface area contributed by atoms with Crippen molar-refractivity contribution in [1.82, 2.24) is 9.62 Å². The number of carbonyl (C=O) groups is 1. The lowest BCUT2D eigenvalue weighted by atomic mass is 10.2. The van der Waals surface area contributed by atoms with E-state index in [0.717, 1.165) is 18.2 Å². The number of nitrogens with zero attached hydrogens (tertiary/aromatic N) is 1. The number of carbonyl (C=O) groups excluding carboxylic acids is 1. The summed E-state index contributed by atoms with van der Waals surface area (Å²) >= 11 is 0. The number of sulfonamides is 1. The van der Waals surface area contributed by atoms with Gasteiger partial charge in [-0.2, -0.15) is 13.2 Å². The van der Waals surface area contributed by atoms with Crippen molar-refractivity contribution in [2.75, 3.05) is 32.8 Å². The zero-order chi connectivity index (χ0) is 17.8.